The van der Waals surface area contributed by atoms with E-state index in [-0.39, 0.29) is 12.1 Å². The summed E-state index contributed by atoms with van der Waals surface area (Å²) in [6.07, 6.45) is 8.21. The van der Waals surface area contributed by atoms with Crippen LogP contribution in [0.15, 0.2) is 48.7 Å². The van der Waals surface area contributed by atoms with E-state index >= 15 is 0 Å². The first-order chi connectivity index (χ1) is 16.0. The number of hydrogen-bond donors (Lipinski definition) is 1. The molecule has 1 aliphatic heterocycles. The Labute approximate surface area is 203 Å². The van der Waals surface area contributed by atoms with Gasteiger partial charge < -0.3 is 14.8 Å². The lowest BCUT2D eigenvalue weighted by Crippen LogP contribution is -2.40. The lowest BCUT2D eigenvalue weighted by molar-refractivity contribution is 0.197. The summed E-state index contributed by atoms with van der Waals surface area (Å²) < 4.78 is 2.44. The number of pyridine rings is 1. The third-order valence-electron chi connectivity index (χ3n) is 7.56. The van der Waals surface area contributed by atoms with Crippen molar-refractivity contribution >= 4 is 17.3 Å². The number of aryl methyl sites for hydroxylation is 3. The molecule has 172 valence electrons. The van der Waals surface area contributed by atoms with Gasteiger partial charge >= 0.3 is 0 Å². The summed E-state index contributed by atoms with van der Waals surface area (Å²) in [5, 5.41) is 4.54. The van der Waals surface area contributed by atoms with Gasteiger partial charge in [-0.05, 0) is 87.6 Å². The molecule has 1 saturated carbocycles. The van der Waals surface area contributed by atoms with Gasteiger partial charge in [0.15, 0.2) is 5.11 Å². The Morgan fingerprint density at radius 2 is 1.67 bits per heavy atom. The highest BCUT2D eigenvalue weighted by Crippen LogP contribution is 2.44. The SMILES string of the molecule is Cc1cccc(C)c1-n1c(C)cc([C@@H]2[C@@H](c3ccccn3)NC(=S)N2C2CCCCC2)c1C. The number of thiocarbonyl (C=S) groups is 1. The summed E-state index contributed by atoms with van der Waals surface area (Å²) in [6.45, 7) is 8.91. The van der Waals surface area contributed by atoms with Gasteiger partial charge in [0.05, 0.1) is 23.5 Å². The van der Waals surface area contributed by atoms with Gasteiger partial charge in [0.25, 0.3) is 0 Å². The molecular weight excluding hydrogens is 424 g/mol. The summed E-state index contributed by atoms with van der Waals surface area (Å²) in [6, 6.07) is 15.8. The highest BCUT2D eigenvalue weighted by atomic mass is 32.1. The maximum Gasteiger partial charge on any atom is 0.170 e. The van der Waals surface area contributed by atoms with E-state index in [4.69, 9.17) is 17.2 Å². The molecule has 0 unspecified atom stereocenters. The Kier molecular flexibility index (Phi) is 6.00. The average Bonchev–Trinajstić information content (AvgIpc) is 3.31. The molecule has 1 N–H and O–H groups in total. The van der Waals surface area contributed by atoms with Gasteiger partial charge in [-0.3, -0.25) is 4.98 Å². The van der Waals surface area contributed by atoms with Crippen molar-refractivity contribution in [3.8, 4) is 5.69 Å². The van der Waals surface area contributed by atoms with Crippen molar-refractivity contribution in [2.75, 3.05) is 0 Å². The molecule has 0 spiro atoms. The number of hydrogen-bond acceptors (Lipinski definition) is 2. The predicted octanol–water partition coefficient (Wildman–Crippen LogP) is 6.41. The molecule has 2 aromatic heterocycles. The number of nitrogens with one attached hydrogen (secondary N) is 1. The minimum absolute atomic E-state index is 0.0487. The quantitative estimate of drug-likeness (QED) is 0.458. The molecule has 0 amide bonds. The Balaban J connectivity index is 1.66. The third-order valence-corrected chi connectivity index (χ3v) is 7.88. The molecule has 2 fully saturated rings. The zero-order valence-corrected chi connectivity index (χ0v) is 21.0. The van der Waals surface area contributed by atoms with Crippen molar-refractivity contribution in [3.05, 3.63) is 82.4 Å². The fourth-order valence-corrected chi connectivity index (χ4v) is 6.43. The zero-order valence-electron chi connectivity index (χ0n) is 20.1. The molecule has 1 aromatic carbocycles. The van der Waals surface area contributed by atoms with Gasteiger partial charge in [0.1, 0.15) is 0 Å². The third kappa shape index (κ3) is 3.86. The van der Waals surface area contributed by atoms with Gasteiger partial charge in [-0.25, -0.2) is 0 Å². The average molecular weight is 459 g/mol. The van der Waals surface area contributed by atoms with Gasteiger partial charge in [-0.1, -0.05) is 43.5 Å². The first-order valence-corrected chi connectivity index (χ1v) is 12.6. The van der Waals surface area contributed by atoms with E-state index in [0.717, 1.165) is 10.8 Å². The van der Waals surface area contributed by atoms with Crippen molar-refractivity contribution in [2.45, 2.75) is 77.9 Å². The predicted molar refractivity (Wildman–Crippen MR) is 139 cm³/mol. The van der Waals surface area contributed by atoms with Gasteiger partial charge in [0, 0.05) is 23.6 Å². The fraction of sp³-hybridized carbons (Fsp3) is 0.429. The molecule has 2 aliphatic rings. The molecule has 1 aliphatic carbocycles. The van der Waals surface area contributed by atoms with E-state index < -0.39 is 0 Å². The standard InChI is InChI=1S/C28H34N4S/c1-18-11-10-12-19(2)26(18)31-20(3)17-23(21(31)4)27-25(24-15-8-9-16-29-24)30-28(33)32(27)22-13-6-5-7-14-22/h8-12,15-17,22,25,27H,5-7,13-14H2,1-4H3,(H,30,33)/t25-,27-/m1/s1. The molecule has 33 heavy (non-hydrogen) atoms. The maximum atomic E-state index is 5.97. The summed E-state index contributed by atoms with van der Waals surface area (Å²) in [5.41, 5.74) is 8.86. The molecule has 5 rings (SSSR count). The number of rotatable bonds is 4. The molecule has 0 bridgehead atoms. The van der Waals surface area contributed by atoms with Crippen molar-refractivity contribution in [3.63, 3.8) is 0 Å². The second-order valence-corrected chi connectivity index (χ2v) is 10.1. The zero-order chi connectivity index (χ0) is 23.1. The van der Waals surface area contributed by atoms with Crippen molar-refractivity contribution < 1.29 is 0 Å². The van der Waals surface area contributed by atoms with E-state index in [0.29, 0.717) is 6.04 Å². The van der Waals surface area contributed by atoms with E-state index in [2.05, 4.69) is 78.9 Å². The van der Waals surface area contributed by atoms with Crippen molar-refractivity contribution in [1.82, 2.24) is 19.8 Å². The number of benzene rings is 1. The Morgan fingerprint density at radius 1 is 0.939 bits per heavy atom. The van der Waals surface area contributed by atoms with Crippen LogP contribution in [0.4, 0.5) is 0 Å². The van der Waals surface area contributed by atoms with Crippen LogP contribution in [0.1, 0.15) is 78.0 Å². The van der Waals surface area contributed by atoms with E-state index in [9.17, 15) is 0 Å². The maximum absolute atomic E-state index is 5.97. The number of aromatic nitrogens is 2. The monoisotopic (exact) mass is 458 g/mol. The highest BCUT2D eigenvalue weighted by molar-refractivity contribution is 7.80. The molecule has 3 aromatic rings. The molecule has 0 radical (unpaired) electrons. The van der Waals surface area contributed by atoms with Crippen LogP contribution in [0.2, 0.25) is 0 Å². The van der Waals surface area contributed by atoms with E-state index in [1.807, 2.05) is 12.3 Å². The molecule has 5 heteroatoms. The summed E-state index contributed by atoms with van der Waals surface area (Å²) >= 11 is 5.97. The van der Waals surface area contributed by atoms with Crippen molar-refractivity contribution in [2.24, 2.45) is 0 Å². The number of nitrogens with zero attached hydrogens (tertiary/aromatic N) is 3. The highest BCUT2D eigenvalue weighted by Gasteiger charge is 2.44. The van der Waals surface area contributed by atoms with Crippen LogP contribution in [0.3, 0.4) is 0 Å². The summed E-state index contributed by atoms with van der Waals surface area (Å²) in [4.78, 5) is 7.26. The molecule has 1 saturated heterocycles. The van der Waals surface area contributed by atoms with Crippen LogP contribution in [-0.2, 0) is 0 Å². The van der Waals surface area contributed by atoms with Gasteiger partial charge in [-0.2, -0.15) is 0 Å². The molecule has 3 heterocycles. The van der Waals surface area contributed by atoms with Crippen LogP contribution in [0.25, 0.3) is 5.69 Å². The lowest BCUT2D eigenvalue weighted by atomic mass is 9.90. The molecular formula is C28H34N4S. The van der Waals surface area contributed by atoms with Crippen LogP contribution < -0.4 is 5.32 Å². The second-order valence-electron chi connectivity index (χ2n) is 9.73. The largest absolute Gasteiger partial charge is 0.352 e. The van der Waals surface area contributed by atoms with Gasteiger partial charge in [0.2, 0.25) is 0 Å². The minimum atomic E-state index is 0.0487. The minimum Gasteiger partial charge on any atom is -0.352 e. The van der Waals surface area contributed by atoms with Crippen LogP contribution in [0.5, 0.6) is 0 Å². The Morgan fingerprint density at radius 3 is 2.33 bits per heavy atom. The van der Waals surface area contributed by atoms with E-state index in [1.165, 1.54) is 65.9 Å². The molecule has 2 atom stereocenters. The first kappa shape index (κ1) is 22.1. The summed E-state index contributed by atoms with van der Waals surface area (Å²) in [5.74, 6) is 0. The normalized spacial score (nSPS) is 21.5. The topological polar surface area (TPSA) is 33.1 Å². The fourth-order valence-electron chi connectivity index (χ4n) is 6.04. The van der Waals surface area contributed by atoms with Crippen LogP contribution in [0, 0.1) is 27.7 Å². The first-order valence-electron chi connectivity index (χ1n) is 12.2. The number of para-hydroxylation sites is 1. The van der Waals surface area contributed by atoms with E-state index in [1.54, 1.807) is 0 Å². The lowest BCUT2D eigenvalue weighted by Gasteiger charge is -2.37. The van der Waals surface area contributed by atoms with Crippen LogP contribution in [-0.4, -0.2) is 25.6 Å². The smallest absolute Gasteiger partial charge is 0.170 e. The Hall–Kier alpha value is -2.66. The van der Waals surface area contributed by atoms with Crippen molar-refractivity contribution in [1.29, 1.82) is 0 Å². The summed E-state index contributed by atoms with van der Waals surface area (Å²) in [7, 11) is 0. The van der Waals surface area contributed by atoms with Gasteiger partial charge in [-0.15, -0.1) is 0 Å². The second kappa shape index (κ2) is 8.94. The molecule has 4 nitrogen and oxygen atoms in total. The van der Waals surface area contributed by atoms with Crippen LogP contribution >= 0.6 is 12.2 Å². The Bertz CT molecular complexity index is 1140.